The predicted octanol–water partition coefficient (Wildman–Crippen LogP) is 3.76. The van der Waals surface area contributed by atoms with Gasteiger partial charge in [-0.3, -0.25) is 29.4 Å². The van der Waals surface area contributed by atoms with Crippen molar-refractivity contribution in [3.8, 4) is 5.75 Å². The molecule has 4 rings (SSSR count). The number of nitro groups is 1. The molecule has 1 fully saturated rings. The average molecular weight is 538 g/mol. The van der Waals surface area contributed by atoms with Gasteiger partial charge in [-0.15, -0.1) is 0 Å². The Bertz CT molecular complexity index is 1440. The summed E-state index contributed by atoms with van der Waals surface area (Å²) in [5.41, 5.74) is 1.44. The van der Waals surface area contributed by atoms with Crippen molar-refractivity contribution in [1.82, 2.24) is 0 Å². The van der Waals surface area contributed by atoms with E-state index in [-0.39, 0.29) is 40.6 Å². The molecule has 1 aromatic carbocycles. The van der Waals surface area contributed by atoms with Crippen LogP contribution in [0.1, 0.15) is 38.2 Å². The van der Waals surface area contributed by atoms with Crippen LogP contribution in [0, 0.1) is 22.0 Å². The molecule has 0 bridgehead atoms. The Morgan fingerprint density at radius 3 is 2.59 bits per heavy atom. The molecule has 3 atom stereocenters. The zero-order valence-corrected chi connectivity index (χ0v) is 21.3. The summed E-state index contributed by atoms with van der Waals surface area (Å²) >= 11 is 0. The molecule has 0 radical (unpaired) electrons. The SMILES string of the molecule is C=C(C)C1CCC2=Cc3c(cc(N(C)C(=O)[C@@H](CC(=O)O)C(=O)Nc4ccc([N+](=O)[O-])cc4)oc3=O)OC2C1. The topological polar surface area (TPSA) is 169 Å². The van der Waals surface area contributed by atoms with Crippen LogP contribution in [0.2, 0.25) is 0 Å². The number of rotatable bonds is 8. The number of nitrogens with zero attached hydrogens (tertiary/aromatic N) is 2. The number of hydrogen-bond donors (Lipinski definition) is 2. The van der Waals surface area contributed by atoms with Crippen molar-refractivity contribution < 1.29 is 33.6 Å². The third-order valence-corrected chi connectivity index (χ3v) is 6.93. The van der Waals surface area contributed by atoms with E-state index in [4.69, 9.17) is 9.15 Å². The van der Waals surface area contributed by atoms with E-state index in [9.17, 15) is 34.4 Å². The normalized spacial score (nSPS) is 18.4. The van der Waals surface area contributed by atoms with Gasteiger partial charge in [0.15, 0.2) is 0 Å². The van der Waals surface area contributed by atoms with Crippen molar-refractivity contribution in [3.63, 3.8) is 0 Å². The molecule has 12 nitrogen and oxygen atoms in total. The van der Waals surface area contributed by atoms with Crippen LogP contribution in [0.25, 0.3) is 6.08 Å². The van der Waals surface area contributed by atoms with Crippen LogP contribution in [0.5, 0.6) is 5.75 Å². The molecule has 2 unspecified atom stereocenters. The lowest BCUT2D eigenvalue weighted by molar-refractivity contribution is -0.384. The van der Waals surface area contributed by atoms with Gasteiger partial charge < -0.3 is 19.6 Å². The Morgan fingerprint density at radius 1 is 1.28 bits per heavy atom. The Labute approximate surface area is 222 Å². The molecule has 2 aliphatic rings. The molecule has 0 spiro atoms. The lowest BCUT2D eigenvalue weighted by atomic mass is 9.79. The highest BCUT2D eigenvalue weighted by Crippen LogP contribution is 2.40. The van der Waals surface area contributed by atoms with E-state index in [1.807, 2.05) is 6.92 Å². The number of carbonyl (C=O) groups excluding carboxylic acids is 2. The molecule has 1 saturated carbocycles. The van der Waals surface area contributed by atoms with Gasteiger partial charge in [-0.25, -0.2) is 4.79 Å². The third-order valence-electron chi connectivity index (χ3n) is 6.93. The number of hydrogen-bond acceptors (Lipinski definition) is 8. The van der Waals surface area contributed by atoms with Gasteiger partial charge in [-0.2, -0.15) is 0 Å². The summed E-state index contributed by atoms with van der Waals surface area (Å²) in [6, 6.07) is 6.20. The maximum atomic E-state index is 13.3. The van der Waals surface area contributed by atoms with Gasteiger partial charge in [0.1, 0.15) is 23.3 Å². The number of non-ortho nitro benzene ring substituents is 1. The molecule has 2 aromatic rings. The Hall–Kier alpha value is -4.74. The standard InChI is InChI=1S/C27H27N3O9/c1-14(2)15-4-5-16-10-19-22(38-21(16)11-15)13-23(39-27(19)35)29(3)26(34)20(12-24(31)32)25(33)28-17-6-8-18(9-7-17)30(36)37/h6-10,13,15,20-21H,1,4-5,11-12H2,2-3H3,(H,28,33)(H,31,32)/t15?,20-,21?/m0/s1. The minimum Gasteiger partial charge on any atom is -0.485 e. The van der Waals surface area contributed by atoms with Crippen molar-refractivity contribution in [1.29, 1.82) is 0 Å². The maximum Gasteiger partial charge on any atom is 0.348 e. The van der Waals surface area contributed by atoms with Crippen LogP contribution in [-0.2, 0) is 14.4 Å². The number of anilines is 2. The highest BCUT2D eigenvalue weighted by atomic mass is 16.6. The molecule has 1 aliphatic carbocycles. The van der Waals surface area contributed by atoms with Gasteiger partial charge in [0.05, 0.1) is 11.3 Å². The molecule has 1 aromatic heterocycles. The van der Waals surface area contributed by atoms with E-state index in [2.05, 4.69) is 11.9 Å². The van der Waals surface area contributed by atoms with E-state index in [1.54, 1.807) is 6.08 Å². The third kappa shape index (κ3) is 5.89. The molecule has 2 heterocycles. The van der Waals surface area contributed by atoms with Crippen LogP contribution >= 0.6 is 0 Å². The molecule has 2 N–H and O–H groups in total. The molecule has 12 heteroatoms. The lowest BCUT2D eigenvalue weighted by Crippen LogP contribution is -2.41. The van der Waals surface area contributed by atoms with E-state index in [0.717, 1.165) is 41.0 Å². The number of allylic oxidation sites excluding steroid dienone is 1. The zero-order chi connectivity index (χ0) is 28.4. The number of nitrogens with one attached hydrogen (secondary N) is 1. The summed E-state index contributed by atoms with van der Waals surface area (Å²) in [7, 11) is 1.25. The molecular weight excluding hydrogens is 510 g/mol. The smallest absolute Gasteiger partial charge is 0.348 e. The summed E-state index contributed by atoms with van der Waals surface area (Å²) in [6.07, 6.45) is 3.01. The number of amides is 2. The fraction of sp³-hybridized carbons (Fsp3) is 0.333. The minimum atomic E-state index is -1.69. The molecule has 39 heavy (non-hydrogen) atoms. The van der Waals surface area contributed by atoms with Crippen LogP contribution in [0.4, 0.5) is 17.3 Å². The van der Waals surface area contributed by atoms with E-state index < -0.39 is 40.7 Å². The highest BCUT2D eigenvalue weighted by molar-refractivity contribution is 6.12. The highest BCUT2D eigenvalue weighted by Gasteiger charge is 2.35. The number of carboxylic acid groups (broad SMARTS) is 1. The van der Waals surface area contributed by atoms with Crippen molar-refractivity contribution in [3.05, 3.63) is 74.2 Å². The summed E-state index contributed by atoms with van der Waals surface area (Å²) in [4.78, 5) is 61.6. The molecule has 0 saturated heterocycles. The van der Waals surface area contributed by atoms with Crippen molar-refractivity contribution in [2.75, 3.05) is 17.3 Å². The van der Waals surface area contributed by atoms with Gasteiger partial charge in [-0.05, 0) is 55.9 Å². The summed E-state index contributed by atoms with van der Waals surface area (Å²) < 4.78 is 11.5. The summed E-state index contributed by atoms with van der Waals surface area (Å²) in [6.45, 7) is 6.00. The van der Waals surface area contributed by atoms with Crippen LogP contribution in [0.3, 0.4) is 0 Å². The molecule has 2 amide bonds. The van der Waals surface area contributed by atoms with Gasteiger partial charge in [0.25, 0.3) is 5.69 Å². The summed E-state index contributed by atoms with van der Waals surface area (Å²) in [5.74, 6) is -4.69. The fourth-order valence-electron chi connectivity index (χ4n) is 4.67. The first-order valence-electron chi connectivity index (χ1n) is 12.2. The van der Waals surface area contributed by atoms with Crippen molar-refractivity contribution in [2.45, 2.75) is 38.7 Å². The largest absolute Gasteiger partial charge is 0.485 e. The number of carboxylic acids is 1. The van der Waals surface area contributed by atoms with Crippen LogP contribution in [-0.4, -0.2) is 41.0 Å². The average Bonchev–Trinajstić information content (AvgIpc) is 2.89. The van der Waals surface area contributed by atoms with Crippen LogP contribution in [0.15, 0.2) is 57.3 Å². The number of fused-ring (bicyclic) bond motifs is 2. The second kappa shape index (κ2) is 10.9. The van der Waals surface area contributed by atoms with E-state index >= 15 is 0 Å². The maximum absolute atomic E-state index is 13.3. The second-order valence-electron chi connectivity index (χ2n) is 9.63. The van der Waals surface area contributed by atoms with Gasteiger partial charge >= 0.3 is 11.6 Å². The fourth-order valence-corrected chi connectivity index (χ4v) is 4.67. The number of carbonyl (C=O) groups is 3. The minimum absolute atomic E-state index is 0.133. The number of benzene rings is 1. The van der Waals surface area contributed by atoms with Crippen LogP contribution < -0.4 is 20.6 Å². The molecule has 1 aliphatic heterocycles. The second-order valence-corrected chi connectivity index (χ2v) is 9.63. The van der Waals surface area contributed by atoms with Gasteiger partial charge in [-0.1, -0.05) is 12.2 Å². The Balaban J connectivity index is 1.56. The number of nitro benzene ring substituents is 1. The first-order valence-corrected chi connectivity index (χ1v) is 12.2. The zero-order valence-electron chi connectivity index (χ0n) is 21.3. The first kappa shape index (κ1) is 27.3. The Morgan fingerprint density at radius 2 is 1.97 bits per heavy atom. The van der Waals surface area contributed by atoms with E-state index in [1.165, 1.54) is 25.2 Å². The quantitative estimate of drug-likeness (QED) is 0.220. The number of aliphatic carboxylic acids is 1. The Kier molecular flexibility index (Phi) is 7.65. The summed E-state index contributed by atoms with van der Waals surface area (Å²) in [5, 5.41) is 22.6. The van der Waals surface area contributed by atoms with Gasteiger partial charge in [0.2, 0.25) is 17.7 Å². The van der Waals surface area contributed by atoms with Gasteiger partial charge in [0, 0.05) is 30.9 Å². The predicted molar refractivity (Wildman–Crippen MR) is 140 cm³/mol. The first-order chi connectivity index (χ1) is 18.4. The van der Waals surface area contributed by atoms with E-state index in [0.29, 0.717) is 6.42 Å². The number of ether oxygens (including phenoxy) is 1. The molecular formula is C27H27N3O9. The lowest BCUT2D eigenvalue weighted by Gasteiger charge is -2.35. The molecule has 204 valence electrons. The van der Waals surface area contributed by atoms with Crippen molar-refractivity contribution >= 4 is 41.1 Å². The van der Waals surface area contributed by atoms with Crippen molar-refractivity contribution in [2.24, 2.45) is 11.8 Å². The monoisotopic (exact) mass is 537 g/mol.